The van der Waals surface area contributed by atoms with Gasteiger partial charge in [-0.2, -0.15) is 9.29 Å². The summed E-state index contributed by atoms with van der Waals surface area (Å²) in [4.78, 5) is 21.0. The molecule has 0 radical (unpaired) electrons. The smallest absolute Gasteiger partial charge is 0.246 e. The monoisotopic (exact) mass is 502 g/mol. The fourth-order valence-electron chi connectivity index (χ4n) is 4.05. The van der Waals surface area contributed by atoms with E-state index in [2.05, 4.69) is 10.1 Å². The van der Waals surface area contributed by atoms with Crippen molar-refractivity contribution >= 4 is 27.3 Å². The van der Waals surface area contributed by atoms with Crippen LogP contribution in [0, 0.1) is 12.8 Å². The summed E-state index contributed by atoms with van der Waals surface area (Å²) in [7, 11) is -3.66. The molecule has 34 heavy (non-hydrogen) atoms. The topological polar surface area (TPSA) is 96.6 Å². The van der Waals surface area contributed by atoms with Crippen LogP contribution in [0.15, 0.2) is 51.2 Å². The lowest BCUT2D eigenvalue weighted by Crippen LogP contribution is -2.51. The zero-order valence-electron chi connectivity index (χ0n) is 19.9. The van der Waals surface area contributed by atoms with Crippen molar-refractivity contribution in [2.45, 2.75) is 57.5 Å². The minimum Gasteiger partial charge on any atom is -0.337 e. The molecule has 0 N–H and O–H groups in total. The van der Waals surface area contributed by atoms with Gasteiger partial charge in [0.15, 0.2) is 0 Å². The van der Waals surface area contributed by atoms with E-state index in [0.29, 0.717) is 31.1 Å². The van der Waals surface area contributed by atoms with Gasteiger partial charge in [-0.15, -0.1) is 11.3 Å². The predicted octanol–water partition coefficient (Wildman–Crippen LogP) is 4.33. The first kappa shape index (κ1) is 24.6. The molecule has 0 saturated carbocycles. The summed E-state index contributed by atoms with van der Waals surface area (Å²) in [6.45, 7) is 8.50. The molecule has 0 aliphatic carbocycles. The van der Waals surface area contributed by atoms with E-state index in [4.69, 9.17) is 4.52 Å². The van der Waals surface area contributed by atoms with Crippen LogP contribution in [0.25, 0.3) is 10.7 Å². The maximum atomic E-state index is 13.7. The number of aromatic nitrogens is 2. The second-order valence-electron chi connectivity index (χ2n) is 9.60. The van der Waals surface area contributed by atoms with Gasteiger partial charge in [-0.25, -0.2) is 8.42 Å². The molecule has 1 aliphatic heterocycles. The van der Waals surface area contributed by atoms with Gasteiger partial charge in [-0.1, -0.05) is 28.9 Å². The molecule has 182 valence electrons. The molecular formula is C24H30N4O4S2. The summed E-state index contributed by atoms with van der Waals surface area (Å²) >= 11 is 1.52. The third-order valence-electron chi connectivity index (χ3n) is 5.97. The number of thiophene rings is 1. The van der Waals surface area contributed by atoms with Crippen LogP contribution in [0.3, 0.4) is 0 Å². The van der Waals surface area contributed by atoms with Gasteiger partial charge in [0.2, 0.25) is 27.6 Å². The van der Waals surface area contributed by atoms with Crippen molar-refractivity contribution < 1.29 is 17.7 Å². The molecule has 0 bridgehead atoms. The number of amides is 1. The standard InChI is InChI=1S/C24H30N4O4S2/c1-17-9-11-19(12-10-17)34(30,31)27-13-5-7-18(15-27)23(29)28(24(2,3)4)16-21-25-22(26-32-21)20-8-6-14-33-20/h6,8-12,14,18H,5,7,13,15-16H2,1-4H3/t18-/m1/s1. The Hall–Kier alpha value is -2.56. The molecule has 0 unspecified atom stereocenters. The Bertz CT molecular complexity index is 1230. The number of rotatable bonds is 6. The van der Waals surface area contributed by atoms with E-state index in [0.717, 1.165) is 10.4 Å². The summed E-state index contributed by atoms with van der Waals surface area (Å²) in [5.41, 5.74) is 0.488. The lowest BCUT2D eigenvalue weighted by Gasteiger charge is -2.39. The van der Waals surface area contributed by atoms with Crippen LogP contribution >= 0.6 is 11.3 Å². The Balaban J connectivity index is 1.52. The highest BCUT2D eigenvalue weighted by Crippen LogP contribution is 2.29. The fourth-order valence-corrected chi connectivity index (χ4v) is 6.22. The van der Waals surface area contributed by atoms with Gasteiger partial charge in [-0.05, 0) is 64.1 Å². The Labute approximate surface area is 204 Å². The lowest BCUT2D eigenvalue weighted by atomic mass is 9.95. The first-order chi connectivity index (χ1) is 16.1. The van der Waals surface area contributed by atoms with Crippen molar-refractivity contribution in [3.8, 4) is 10.7 Å². The summed E-state index contributed by atoms with van der Waals surface area (Å²) in [6.07, 6.45) is 1.26. The van der Waals surface area contributed by atoms with Gasteiger partial charge < -0.3 is 9.42 Å². The summed E-state index contributed by atoms with van der Waals surface area (Å²) in [5.74, 6) is 0.311. The van der Waals surface area contributed by atoms with Crippen LogP contribution in [-0.2, 0) is 21.4 Å². The zero-order chi connectivity index (χ0) is 24.5. The normalized spacial score (nSPS) is 17.6. The molecule has 3 heterocycles. The highest BCUT2D eigenvalue weighted by Gasteiger charge is 2.38. The second-order valence-corrected chi connectivity index (χ2v) is 12.5. The molecule has 1 aliphatic rings. The molecular weight excluding hydrogens is 472 g/mol. The van der Waals surface area contributed by atoms with Crippen LogP contribution in [-0.4, -0.2) is 52.3 Å². The lowest BCUT2D eigenvalue weighted by molar-refractivity contribution is -0.143. The highest BCUT2D eigenvalue weighted by atomic mass is 32.2. The molecule has 1 aromatic carbocycles. The number of carbonyl (C=O) groups is 1. The van der Waals surface area contributed by atoms with E-state index in [1.54, 1.807) is 29.2 Å². The summed E-state index contributed by atoms with van der Waals surface area (Å²) < 4.78 is 33.3. The van der Waals surface area contributed by atoms with Crippen molar-refractivity contribution in [1.29, 1.82) is 0 Å². The van der Waals surface area contributed by atoms with Gasteiger partial charge >= 0.3 is 0 Å². The van der Waals surface area contributed by atoms with E-state index in [1.165, 1.54) is 15.6 Å². The highest BCUT2D eigenvalue weighted by molar-refractivity contribution is 7.89. The van der Waals surface area contributed by atoms with Crippen molar-refractivity contribution in [2.24, 2.45) is 5.92 Å². The quantitative estimate of drug-likeness (QED) is 0.498. The van der Waals surface area contributed by atoms with Crippen molar-refractivity contribution in [2.75, 3.05) is 13.1 Å². The van der Waals surface area contributed by atoms with Gasteiger partial charge in [0.05, 0.1) is 15.7 Å². The van der Waals surface area contributed by atoms with E-state index in [1.807, 2.05) is 45.2 Å². The third-order valence-corrected chi connectivity index (χ3v) is 8.72. The summed E-state index contributed by atoms with van der Waals surface area (Å²) in [6, 6.07) is 10.7. The molecule has 1 fully saturated rings. The zero-order valence-corrected chi connectivity index (χ0v) is 21.5. The third kappa shape index (κ3) is 5.24. The summed E-state index contributed by atoms with van der Waals surface area (Å²) in [5, 5.41) is 5.99. The van der Waals surface area contributed by atoms with E-state index in [9.17, 15) is 13.2 Å². The predicted molar refractivity (Wildman–Crippen MR) is 131 cm³/mol. The number of benzene rings is 1. The number of hydrogen-bond donors (Lipinski definition) is 0. The Morgan fingerprint density at radius 3 is 2.62 bits per heavy atom. The Morgan fingerprint density at radius 2 is 1.97 bits per heavy atom. The first-order valence-electron chi connectivity index (χ1n) is 11.3. The first-order valence-corrected chi connectivity index (χ1v) is 13.6. The molecule has 1 atom stereocenters. The van der Waals surface area contributed by atoms with Crippen molar-refractivity contribution in [3.63, 3.8) is 0 Å². The Kier molecular flexibility index (Phi) is 6.93. The van der Waals surface area contributed by atoms with E-state index >= 15 is 0 Å². The number of sulfonamides is 1. The number of carbonyl (C=O) groups excluding carboxylic acids is 1. The maximum Gasteiger partial charge on any atom is 0.246 e. The van der Waals surface area contributed by atoms with Crippen LogP contribution in [0.2, 0.25) is 0 Å². The molecule has 10 heteroatoms. The molecule has 0 spiro atoms. The average Bonchev–Trinajstić information content (AvgIpc) is 3.49. The fraction of sp³-hybridized carbons (Fsp3) is 0.458. The van der Waals surface area contributed by atoms with E-state index in [-0.39, 0.29) is 23.9 Å². The second kappa shape index (κ2) is 9.59. The maximum absolute atomic E-state index is 13.7. The molecule has 1 amide bonds. The number of aryl methyl sites for hydroxylation is 1. The molecule has 2 aromatic heterocycles. The van der Waals surface area contributed by atoms with Gasteiger partial charge in [-0.3, -0.25) is 4.79 Å². The number of nitrogens with zero attached hydrogens (tertiary/aromatic N) is 4. The largest absolute Gasteiger partial charge is 0.337 e. The SMILES string of the molecule is Cc1ccc(S(=O)(=O)N2CCC[C@@H](C(=O)N(Cc3nc(-c4cccs4)no3)C(C)(C)C)C2)cc1. The van der Waals surface area contributed by atoms with Crippen molar-refractivity contribution in [1.82, 2.24) is 19.3 Å². The van der Waals surface area contributed by atoms with Crippen LogP contribution < -0.4 is 0 Å². The van der Waals surface area contributed by atoms with Gasteiger partial charge in [0.1, 0.15) is 6.54 Å². The van der Waals surface area contributed by atoms with Gasteiger partial charge in [0.25, 0.3) is 0 Å². The van der Waals surface area contributed by atoms with Crippen LogP contribution in [0.4, 0.5) is 0 Å². The minimum absolute atomic E-state index is 0.104. The van der Waals surface area contributed by atoms with E-state index < -0.39 is 21.5 Å². The molecule has 3 aromatic rings. The van der Waals surface area contributed by atoms with Gasteiger partial charge in [0, 0.05) is 18.6 Å². The minimum atomic E-state index is -3.66. The molecule has 4 rings (SSSR count). The van der Waals surface area contributed by atoms with Crippen LogP contribution in [0.1, 0.15) is 45.1 Å². The number of hydrogen-bond acceptors (Lipinski definition) is 7. The number of piperidine rings is 1. The Morgan fingerprint density at radius 1 is 1.24 bits per heavy atom. The van der Waals surface area contributed by atoms with Crippen molar-refractivity contribution in [3.05, 3.63) is 53.2 Å². The average molecular weight is 503 g/mol. The molecule has 8 nitrogen and oxygen atoms in total. The molecule has 1 saturated heterocycles. The van der Waals surface area contributed by atoms with Crippen LogP contribution in [0.5, 0.6) is 0 Å².